The van der Waals surface area contributed by atoms with E-state index < -0.39 is 11.7 Å². The second-order valence-corrected chi connectivity index (χ2v) is 7.02. The predicted octanol–water partition coefficient (Wildman–Crippen LogP) is 3.42. The number of anilines is 2. The van der Waals surface area contributed by atoms with Crippen LogP contribution in [0.1, 0.15) is 26.3 Å². The van der Waals surface area contributed by atoms with Crippen LogP contribution in [0.25, 0.3) is 0 Å². The van der Waals surface area contributed by atoms with Crippen LogP contribution in [0.5, 0.6) is 0 Å². The average molecular weight is 417 g/mol. The Bertz CT molecular complexity index is 1140. The lowest BCUT2D eigenvalue weighted by atomic mass is 10.1. The van der Waals surface area contributed by atoms with Crippen LogP contribution in [0.4, 0.5) is 15.9 Å². The van der Waals surface area contributed by atoms with Gasteiger partial charge in [0, 0.05) is 24.7 Å². The number of halogens is 1. The number of nitrogens with zero attached hydrogens (tertiary/aromatic N) is 3. The Labute approximate surface area is 178 Å². The Kier molecular flexibility index (Phi) is 5.70. The summed E-state index contributed by atoms with van der Waals surface area (Å²) in [6, 6.07) is 16.4. The van der Waals surface area contributed by atoms with Crippen LogP contribution in [0.15, 0.2) is 71.9 Å². The highest BCUT2D eigenvalue weighted by molar-refractivity contribution is 6.12. The van der Waals surface area contributed by atoms with Gasteiger partial charge in [0.2, 0.25) is 0 Å². The van der Waals surface area contributed by atoms with Crippen LogP contribution < -0.4 is 10.6 Å². The number of carbonyl (C=O) groups is 2. The Balaban J connectivity index is 1.48. The maximum Gasteiger partial charge on any atom is 0.258 e. The standard InChI is InChI=1S/C23H20FN5O2/c1-29-13-12-25-21(29)15-6-8-16(9-7-15)22(30)27-19-5-3-2-4-18(19)23(31)28-20-11-10-17(24)14-26-20/h2-11,14H,12-13H2,1H3,(H,27,30)(H,26,28,31). The van der Waals surface area contributed by atoms with Gasteiger partial charge in [-0.15, -0.1) is 0 Å². The number of amides is 2. The summed E-state index contributed by atoms with van der Waals surface area (Å²) in [4.78, 5) is 35.8. The van der Waals surface area contributed by atoms with Crippen LogP contribution in [-0.2, 0) is 0 Å². The van der Waals surface area contributed by atoms with Crippen molar-refractivity contribution in [3.05, 3.63) is 89.4 Å². The molecule has 0 saturated heterocycles. The number of amidine groups is 1. The van der Waals surface area contributed by atoms with Crippen molar-refractivity contribution in [2.75, 3.05) is 30.8 Å². The number of benzene rings is 2. The van der Waals surface area contributed by atoms with E-state index in [-0.39, 0.29) is 17.3 Å². The van der Waals surface area contributed by atoms with Gasteiger partial charge in [0.05, 0.1) is 24.0 Å². The summed E-state index contributed by atoms with van der Waals surface area (Å²) < 4.78 is 13.0. The minimum absolute atomic E-state index is 0.211. The van der Waals surface area contributed by atoms with E-state index in [2.05, 4.69) is 25.5 Å². The Hall–Kier alpha value is -4.07. The summed E-state index contributed by atoms with van der Waals surface area (Å²) in [6.45, 7) is 1.64. The van der Waals surface area contributed by atoms with Gasteiger partial charge in [-0.1, -0.05) is 24.3 Å². The summed E-state index contributed by atoms with van der Waals surface area (Å²) in [7, 11) is 1.98. The molecule has 0 aliphatic carbocycles. The molecule has 156 valence electrons. The molecule has 8 heteroatoms. The number of likely N-dealkylation sites (N-methyl/N-ethyl adjacent to an activating group) is 1. The van der Waals surface area contributed by atoms with E-state index in [1.54, 1.807) is 36.4 Å². The zero-order chi connectivity index (χ0) is 21.8. The molecule has 0 saturated carbocycles. The number of pyridine rings is 1. The van der Waals surface area contributed by atoms with Crippen molar-refractivity contribution in [2.45, 2.75) is 0 Å². The first-order valence-electron chi connectivity index (χ1n) is 9.70. The van der Waals surface area contributed by atoms with Gasteiger partial charge in [-0.3, -0.25) is 14.6 Å². The second-order valence-electron chi connectivity index (χ2n) is 7.02. The summed E-state index contributed by atoms with van der Waals surface area (Å²) in [5.41, 5.74) is 2.03. The quantitative estimate of drug-likeness (QED) is 0.666. The minimum atomic E-state index is -0.497. The number of hydrogen-bond acceptors (Lipinski definition) is 5. The second kappa shape index (κ2) is 8.74. The van der Waals surface area contributed by atoms with Crippen molar-refractivity contribution < 1.29 is 14.0 Å². The summed E-state index contributed by atoms with van der Waals surface area (Å²) in [6.07, 6.45) is 1.02. The molecule has 0 spiro atoms. The Morgan fingerprint density at radius 2 is 1.74 bits per heavy atom. The van der Waals surface area contributed by atoms with Gasteiger partial charge in [-0.05, 0) is 36.4 Å². The third-order valence-electron chi connectivity index (χ3n) is 4.85. The number of nitrogens with one attached hydrogen (secondary N) is 2. The molecule has 2 aromatic carbocycles. The summed E-state index contributed by atoms with van der Waals surface area (Å²) >= 11 is 0. The zero-order valence-electron chi connectivity index (χ0n) is 16.8. The lowest BCUT2D eigenvalue weighted by molar-refractivity contribution is 0.102. The molecule has 31 heavy (non-hydrogen) atoms. The molecule has 0 radical (unpaired) electrons. The molecule has 4 rings (SSSR count). The largest absolute Gasteiger partial charge is 0.358 e. The van der Waals surface area contributed by atoms with Crippen LogP contribution >= 0.6 is 0 Å². The van der Waals surface area contributed by atoms with Gasteiger partial charge in [0.25, 0.3) is 11.8 Å². The van der Waals surface area contributed by atoms with Gasteiger partial charge >= 0.3 is 0 Å². The van der Waals surface area contributed by atoms with E-state index in [1.165, 1.54) is 12.1 Å². The third kappa shape index (κ3) is 4.58. The first-order chi connectivity index (χ1) is 15.0. The molecule has 2 heterocycles. The van der Waals surface area contributed by atoms with Crippen molar-refractivity contribution >= 4 is 29.2 Å². The number of carbonyl (C=O) groups excluding carboxylic acids is 2. The third-order valence-corrected chi connectivity index (χ3v) is 4.85. The molecule has 1 aliphatic heterocycles. The highest BCUT2D eigenvalue weighted by Gasteiger charge is 2.17. The fraction of sp³-hybridized carbons (Fsp3) is 0.130. The maximum atomic E-state index is 13.0. The molecule has 1 aliphatic rings. The summed E-state index contributed by atoms with van der Waals surface area (Å²) in [5.74, 6) is -0.185. The first-order valence-corrected chi connectivity index (χ1v) is 9.70. The van der Waals surface area contributed by atoms with E-state index in [0.717, 1.165) is 30.7 Å². The number of aromatic nitrogens is 1. The summed E-state index contributed by atoms with van der Waals surface area (Å²) in [5, 5.41) is 5.38. The molecule has 2 N–H and O–H groups in total. The number of aliphatic imine (C=N–C) groups is 1. The van der Waals surface area contributed by atoms with E-state index in [4.69, 9.17) is 0 Å². The Morgan fingerprint density at radius 1 is 0.968 bits per heavy atom. The van der Waals surface area contributed by atoms with Gasteiger partial charge < -0.3 is 15.5 Å². The van der Waals surface area contributed by atoms with Crippen LogP contribution in [-0.4, -0.2) is 47.7 Å². The molecule has 0 fully saturated rings. The molecule has 0 atom stereocenters. The van der Waals surface area contributed by atoms with Crippen molar-refractivity contribution in [1.82, 2.24) is 9.88 Å². The molecule has 0 bridgehead atoms. The van der Waals surface area contributed by atoms with E-state index in [1.807, 2.05) is 19.2 Å². The fourth-order valence-corrected chi connectivity index (χ4v) is 3.23. The van der Waals surface area contributed by atoms with Gasteiger partial charge in [-0.2, -0.15) is 0 Å². The molecule has 1 aromatic heterocycles. The minimum Gasteiger partial charge on any atom is -0.358 e. The van der Waals surface area contributed by atoms with E-state index in [0.29, 0.717) is 11.3 Å². The fourth-order valence-electron chi connectivity index (χ4n) is 3.23. The normalized spacial score (nSPS) is 13.0. The topological polar surface area (TPSA) is 86.7 Å². The molecule has 2 amide bonds. The van der Waals surface area contributed by atoms with Crippen molar-refractivity contribution in [1.29, 1.82) is 0 Å². The average Bonchev–Trinajstić information content (AvgIpc) is 3.21. The van der Waals surface area contributed by atoms with E-state index >= 15 is 0 Å². The molecule has 0 unspecified atom stereocenters. The zero-order valence-corrected chi connectivity index (χ0v) is 16.8. The van der Waals surface area contributed by atoms with Crippen molar-refractivity contribution in [2.24, 2.45) is 4.99 Å². The SMILES string of the molecule is CN1CCN=C1c1ccc(C(=O)Nc2ccccc2C(=O)Nc2ccc(F)cn2)cc1. The molecular weight excluding hydrogens is 397 g/mol. The Morgan fingerprint density at radius 3 is 2.42 bits per heavy atom. The van der Waals surface area contributed by atoms with Crippen molar-refractivity contribution in [3.8, 4) is 0 Å². The van der Waals surface area contributed by atoms with Gasteiger partial charge in [0.1, 0.15) is 17.5 Å². The maximum absolute atomic E-state index is 13.0. The van der Waals surface area contributed by atoms with Crippen molar-refractivity contribution in [3.63, 3.8) is 0 Å². The van der Waals surface area contributed by atoms with Gasteiger partial charge in [-0.25, -0.2) is 9.37 Å². The van der Waals surface area contributed by atoms with Crippen LogP contribution in [0.3, 0.4) is 0 Å². The monoisotopic (exact) mass is 417 g/mol. The molecular formula is C23H20FN5O2. The highest BCUT2D eigenvalue weighted by Crippen LogP contribution is 2.19. The van der Waals surface area contributed by atoms with E-state index in [9.17, 15) is 14.0 Å². The molecule has 7 nitrogen and oxygen atoms in total. The molecule has 3 aromatic rings. The smallest absolute Gasteiger partial charge is 0.258 e. The lowest BCUT2D eigenvalue weighted by Crippen LogP contribution is -2.23. The lowest BCUT2D eigenvalue weighted by Gasteiger charge is -2.14. The van der Waals surface area contributed by atoms with Crippen LogP contribution in [0, 0.1) is 5.82 Å². The first kappa shape index (κ1) is 20.2. The highest BCUT2D eigenvalue weighted by atomic mass is 19.1. The number of hydrogen-bond donors (Lipinski definition) is 2. The number of rotatable bonds is 5. The van der Waals surface area contributed by atoms with Gasteiger partial charge in [0.15, 0.2) is 0 Å². The number of para-hydroxylation sites is 1. The van der Waals surface area contributed by atoms with Crippen LogP contribution in [0.2, 0.25) is 0 Å². The predicted molar refractivity (Wildman–Crippen MR) is 117 cm³/mol.